The summed E-state index contributed by atoms with van der Waals surface area (Å²) in [7, 11) is 5.21. The molecule has 1 aliphatic rings. The number of carbonyl (C=O) groups is 1. The molecule has 0 bridgehead atoms. The van der Waals surface area contributed by atoms with Crippen molar-refractivity contribution in [2.75, 3.05) is 39.3 Å². The second-order valence-electron chi connectivity index (χ2n) is 7.72. The molecule has 33 heavy (non-hydrogen) atoms. The van der Waals surface area contributed by atoms with E-state index in [1.807, 2.05) is 24.1 Å². The lowest BCUT2D eigenvalue weighted by Gasteiger charge is -2.36. The second-order valence-corrected chi connectivity index (χ2v) is 7.72. The van der Waals surface area contributed by atoms with Crippen LogP contribution in [0.4, 0.5) is 5.82 Å². The predicted molar refractivity (Wildman–Crippen MR) is 125 cm³/mol. The van der Waals surface area contributed by atoms with Crippen LogP contribution < -0.4 is 14.4 Å². The largest absolute Gasteiger partial charge is 0.497 e. The van der Waals surface area contributed by atoms with Gasteiger partial charge in [-0.25, -0.2) is 9.97 Å². The minimum atomic E-state index is -0.0264. The molecule has 1 saturated heterocycles. The van der Waals surface area contributed by atoms with Crippen LogP contribution in [0.15, 0.2) is 37.2 Å². The number of fused-ring (bicyclic) bond motifs is 1. The van der Waals surface area contributed by atoms with Gasteiger partial charge in [0.1, 0.15) is 23.5 Å². The van der Waals surface area contributed by atoms with E-state index in [2.05, 4.69) is 43.5 Å². The molecule has 1 aliphatic heterocycles. The van der Waals surface area contributed by atoms with Crippen molar-refractivity contribution in [3.8, 4) is 23.3 Å². The number of amides is 1. The summed E-state index contributed by atoms with van der Waals surface area (Å²) < 4.78 is 10.7. The fourth-order valence-corrected chi connectivity index (χ4v) is 3.98. The molecule has 1 aromatic carbocycles. The van der Waals surface area contributed by atoms with E-state index >= 15 is 0 Å². The number of likely N-dealkylation sites (tertiary alicyclic amines) is 1. The van der Waals surface area contributed by atoms with Crippen LogP contribution in [0, 0.1) is 11.8 Å². The molecule has 9 nitrogen and oxygen atoms in total. The van der Waals surface area contributed by atoms with Gasteiger partial charge in [0.15, 0.2) is 11.5 Å². The van der Waals surface area contributed by atoms with Crippen LogP contribution in [0.25, 0.3) is 11.0 Å². The Bertz CT molecular complexity index is 1210. The molecule has 4 rings (SSSR count). The molecule has 1 N–H and O–H groups in total. The summed E-state index contributed by atoms with van der Waals surface area (Å²) in [5.74, 6) is 8.35. The Morgan fingerprint density at radius 1 is 1.18 bits per heavy atom. The van der Waals surface area contributed by atoms with E-state index in [9.17, 15) is 4.79 Å². The SMILES string of the molecule is C=CC(=O)N1CCC(N(C)c2n[nH]c3ncnc(C#Cc4cc(OC)cc(OC)c4)c23)CC1. The van der Waals surface area contributed by atoms with Crippen LogP contribution >= 0.6 is 0 Å². The quantitative estimate of drug-likeness (QED) is 0.475. The van der Waals surface area contributed by atoms with Gasteiger partial charge in [0.2, 0.25) is 5.91 Å². The highest BCUT2D eigenvalue weighted by Crippen LogP contribution is 2.28. The van der Waals surface area contributed by atoms with Crippen LogP contribution in [-0.2, 0) is 4.79 Å². The minimum absolute atomic E-state index is 0.0264. The van der Waals surface area contributed by atoms with Gasteiger partial charge in [0, 0.05) is 37.8 Å². The van der Waals surface area contributed by atoms with E-state index in [0.29, 0.717) is 35.9 Å². The van der Waals surface area contributed by atoms with E-state index in [0.717, 1.165) is 29.6 Å². The van der Waals surface area contributed by atoms with Gasteiger partial charge in [0.25, 0.3) is 0 Å². The van der Waals surface area contributed by atoms with Crippen molar-refractivity contribution in [1.82, 2.24) is 25.1 Å². The normalized spacial score (nSPS) is 13.8. The number of ether oxygens (including phenoxy) is 2. The molecular formula is C24H26N6O3. The summed E-state index contributed by atoms with van der Waals surface area (Å²) in [4.78, 5) is 24.6. The number of aromatic amines is 1. The zero-order valence-electron chi connectivity index (χ0n) is 19.0. The molecule has 0 spiro atoms. The standard InChI is InChI=1S/C24H26N6O3/c1-5-21(31)30-10-8-17(9-11-30)29(2)24-22-20(25-15-26-23(22)27-28-24)7-6-16-12-18(32-3)14-19(13-16)33-4/h5,12-15,17H,1,8-11H2,2-4H3,(H,25,26,27,28). The third-order valence-corrected chi connectivity index (χ3v) is 5.85. The molecule has 0 aliphatic carbocycles. The molecule has 0 saturated carbocycles. The number of nitrogens with zero attached hydrogens (tertiary/aromatic N) is 5. The van der Waals surface area contributed by atoms with Crippen molar-refractivity contribution in [1.29, 1.82) is 0 Å². The van der Waals surface area contributed by atoms with Gasteiger partial charge in [-0.15, -0.1) is 0 Å². The maximum atomic E-state index is 11.9. The molecule has 0 radical (unpaired) electrons. The van der Waals surface area contributed by atoms with E-state index in [1.54, 1.807) is 20.3 Å². The number of carbonyl (C=O) groups excluding carboxylic acids is 1. The average molecular weight is 447 g/mol. The van der Waals surface area contributed by atoms with E-state index in [-0.39, 0.29) is 11.9 Å². The Kier molecular flexibility index (Phi) is 6.45. The van der Waals surface area contributed by atoms with Gasteiger partial charge in [-0.1, -0.05) is 12.5 Å². The summed E-state index contributed by atoms with van der Waals surface area (Å²) in [6.45, 7) is 4.94. The maximum Gasteiger partial charge on any atom is 0.245 e. The molecular weight excluding hydrogens is 420 g/mol. The molecule has 0 atom stereocenters. The highest BCUT2D eigenvalue weighted by molar-refractivity contribution is 5.92. The summed E-state index contributed by atoms with van der Waals surface area (Å²) in [6.07, 6.45) is 4.51. The number of nitrogens with one attached hydrogen (secondary N) is 1. The first-order chi connectivity index (χ1) is 16.0. The lowest BCUT2D eigenvalue weighted by atomic mass is 10.0. The summed E-state index contributed by atoms with van der Waals surface area (Å²) in [5.41, 5.74) is 1.95. The van der Waals surface area contributed by atoms with E-state index < -0.39 is 0 Å². The number of H-pyrrole nitrogens is 1. The molecule has 0 unspecified atom stereocenters. The number of hydrogen-bond donors (Lipinski definition) is 1. The second kappa shape index (κ2) is 9.61. The van der Waals surface area contributed by atoms with Crippen molar-refractivity contribution in [3.63, 3.8) is 0 Å². The summed E-state index contributed by atoms with van der Waals surface area (Å²) in [6, 6.07) is 5.71. The summed E-state index contributed by atoms with van der Waals surface area (Å²) in [5, 5.41) is 8.27. The van der Waals surface area contributed by atoms with Crippen molar-refractivity contribution >= 4 is 22.8 Å². The fourth-order valence-electron chi connectivity index (χ4n) is 3.98. The van der Waals surface area contributed by atoms with Crippen molar-refractivity contribution in [2.24, 2.45) is 0 Å². The fraction of sp³-hybridized carbons (Fsp3) is 0.333. The lowest BCUT2D eigenvalue weighted by Crippen LogP contribution is -2.45. The van der Waals surface area contributed by atoms with Gasteiger partial charge in [-0.05, 0) is 37.0 Å². The first-order valence-corrected chi connectivity index (χ1v) is 10.6. The number of anilines is 1. The number of hydrogen-bond acceptors (Lipinski definition) is 7. The molecule has 3 aromatic rings. The first-order valence-electron chi connectivity index (χ1n) is 10.6. The number of methoxy groups -OCH3 is 2. The Morgan fingerprint density at radius 2 is 1.88 bits per heavy atom. The third-order valence-electron chi connectivity index (χ3n) is 5.85. The van der Waals surface area contributed by atoms with Crippen LogP contribution in [-0.4, -0.2) is 71.4 Å². The van der Waals surface area contributed by atoms with Crippen LogP contribution in [0.1, 0.15) is 24.1 Å². The predicted octanol–water partition coefficient (Wildman–Crippen LogP) is 2.38. The van der Waals surface area contributed by atoms with Crippen molar-refractivity contribution < 1.29 is 14.3 Å². The van der Waals surface area contributed by atoms with Gasteiger partial charge >= 0.3 is 0 Å². The monoisotopic (exact) mass is 446 g/mol. The van der Waals surface area contributed by atoms with Crippen molar-refractivity contribution in [3.05, 3.63) is 48.4 Å². The van der Waals surface area contributed by atoms with Crippen LogP contribution in [0.5, 0.6) is 11.5 Å². The highest BCUT2D eigenvalue weighted by Gasteiger charge is 2.27. The molecule has 2 aromatic heterocycles. The van der Waals surface area contributed by atoms with Crippen LogP contribution in [0.3, 0.4) is 0 Å². The first kappa shape index (κ1) is 22.1. The zero-order chi connectivity index (χ0) is 23.4. The smallest absolute Gasteiger partial charge is 0.245 e. The van der Waals surface area contributed by atoms with Gasteiger partial charge in [0.05, 0.1) is 19.6 Å². The molecule has 3 heterocycles. The molecule has 1 amide bonds. The van der Waals surface area contributed by atoms with Gasteiger partial charge in [-0.3, -0.25) is 9.89 Å². The number of piperidine rings is 1. The van der Waals surface area contributed by atoms with Gasteiger partial charge < -0.3 is 19.3 Å². The van der Waals surface area contributed by atoms with Crippen LogP contribution in [0.2, 0.25) is 0 Å². The van der Waals surface area contributed by atoms with E-state index in [4.69, 9.17) is 9.47 Å². The Morgan fingerprint density at radius 3 is 2.52 bits per heavy atom. The summed E-state index contributed by atoms with van der Waals surface area (Å²) >= 11 is 0. The number of benzene rings is 1. The van der Waals surface area contributed by atoms with Gasteiger partial charge in [-0.2, -0.15) is 5.10 Å². The van der Waals surface area contributed by atoms with E-state index in [1.165, 1.54) is 12.4 Å². The van der Waals surface area contributed by atoms with Crippen molar-refractivity contribution in [2.45, 2.75) is 18.9 Å². The topological polar surface area (TPSA) is 96.5 Å². The Labute approximate surface area is 192 Å². The minimum Gasteiger partial charge on any atom is -0.497 e. The number of rotatable bonds is 5. The number of aromatic nitrogens is 4. The maximum absolute atomic E-state index is 11.9. The molecule has 1 fully saturated rings. The lowest BCUT2D eigenvalue weighted by molar-refractivity contribution is -0.126. The highest BCUT2D eigenvalue weighted by atomic mass is 16.5. The molecule has 9 heteroatoms. The zero-order valence-corrected chi connectivity index (χ0v) is 19.0. The molecule has 170 valence electrons. The Hall–Kier alpha value is -4.06. The average Bonchev–Trinajstić information content (AvgIpc) is 3.31. The Balaban J connectivity index is 1.63. The third kappa shape index (κ3) is 4.60.